The molecule has 0 bridgehead atoms. The van der Waals surface area contributed by atoms with E-state index in [0.717, 1.165) is 5.56 Å². The molecule has 9 heteroatoms. The van der Waals surface area contributed by atoms with Gasteiger partial charge in [0.25, 0.3) is 5.91 Å². The smallest absolute Gasteiger partial charge is 0.414 e. The Labute approximate surface area is 142 Å². The second kappa shape index (κ2) is 8.22. The fraction of sp³-hybridized carbons (Fsp3) is 0.375. The maximum atomic E-state index is 12.4. The highest BCUT2D eigenvalue weighted by Crippen LogP contribution is 2.27. The van der Waals surface area contributed by atoms with Crippen molar-refractivity contribution >= 4 is 29.4 Å². The second-order valence-electron chi connectivity index (χ2n) is 5.40. The third-order valence-electron chi connectivity index (χ3n) is 3.67. The highest BCUT2D eigenvalue weighted by atomic mass is 19.1. The topological polar surface area (TPSA) is 113 Å². The number of nitrogens with zero attached hydrogens (tertiary/aromatic N) is 1. The van der Waals surface area contributed by atoms with Gasteiger partial charge >= 0.3 is 12.1 Å². The molecule has 1 heterocycles. The first kappa shape index (κ1) is 18.4. The van der Waals surface area contributed by atoms with Gasteiger partial charge in [0.15, 0.2) is 12.4 Å². The van der Waals surface area contributed by atoms with Crippen LogP contribution in [0.4, 0.5) is 14.9 Å². The Bertz CT molecular complexity index is 693. The summed E-state index contributed by atoms with van der Waals surface area (Å²) in [7, 11) is 0. The van der Waals surface area contributed by atoms with Gasteiger partial charge in [0, 0.05) is 6.54 Å². The van der Waals surface area contributed by atoms with Crippen molar-refractivity contribution in [2.75, 3.05) is 24.7 Å². The Morgan fingerprint density at radius 2 is 2.00 bits per heavy atom. The van der Waals surface area contributed by atoms with Gasteiger partial charge in [-0.3, -0.25) is 19.3 Å². The molecule has 2 amide bonds. The van der Waals surface area contributed by atoms with E-state index in [4.69, 9.17) is 9.84 Å². The molecule has 1 aromatic carbocycles. The number of hydrogen-bond donors (Lipinski definition) is 2. The Morgan fingerprint density at radius 1 is 1.28 bits per heavy atom. The minimum absolute atomic E-state index is 0.418. The largest absolute Gasteiger partial charge is 0.481 e. The molecule has 0 saturated heterocycles. The maximum absolute atomic E-state index is 12.4. The lowest BCUT2D eigenvalue weighted by Gasteiger charge is -2.18. The molecule has 1 aliphatic rings. The molecule has 25 heavy (non-hydrogen) atoms. The van der Waals surface area contributed by atoms with Crippen molar-refractivity contribution < 1.29 is 33.4 Å². The number of benzene rings is 1. The molecule has 2 N–H and O–H groups in total. The number of carboxylic acid groups (broad SMARTS) is 1. The first-order chi connectivity index (χ1) is 11.9. The molecule has 1 atom stereocenters. The summed E-state index contributed by atoms with van der Waals surface area (Å²) in [6.07, 6.45) is -0.808. The van der Waals surface area contributed by atoms with E-state index in [9.17, 15) is 23.6 Å². The summed E-state index contributed by atoms with van der Waals surface area (Å²) in [6, 6.07) is 5.77. The SMILES string of the molecule is O=C(O)CC(NC(=O)COC(=O)N1CCc2ccccc21)C(=O)CF. The van der Waals surface area contributed by atoms with Gasteiger partial charge < -0.3 is 15.2 Å². The Hall–Kier alpha value is -2.97. The minimum Gasteiger partial charge on any atom is -0.481 e. The number of alkyl halides is 1. The van der Waals surface area contributed by atoms with Gasteiger partial charge in [-0.05, 0) is 18.1 Å². The summed E-state index contributed by atoms with van der Waals surface area (Å²) in [4.78, 5) is 47.1. The molecule has 8 nitrogen and oxygen atoms in total. The number of anilines is 1. The lowest BCUT2D eigenvalue weighted by atomic mass is 10.1. The average molecular weight is 352 g/mol. The van der Waals surface area contributed by atoms with Crippen molar-refractivity contribution in [2.24, 2.45) is 0 Å². The van der Waals surface area contributed by atoms with E-state index >= 15 is 0 Å². The van der Waals surface area contributed by atoms with E-state index in [1.165, 1.54) is 4.90 Å². The van der Waals surface area contributed by atoms with Crippen molar-refractivity contribution in [3.8, 4) is 0 Å². The Morgan fingerprint density at radius 3 is 2.68 bits per heavy atom. The third kappa shape index (κ3) is 4.75. The molecule has 1 aliphatic heterocycles. The number of halogens is 1. The predicted octanol–water partition coefficient (Wildman–Crippen LogP) is 0.684. The molecular weight excluding hydrogens is 335 g/mol. The molecular formula is C16H17FN2O6. The number of carbonyl (C=O) groups excluding carboxylic acids is 3. The minimum atomic E-state index is -1.50. The van der Waals surface area contributed by atoms with Crippen LogP contribution in [-0.4, -0.2) is 54.7 Å². The van der Waals surface area contributed by atoms with Gasteiger partial charge in [0.1, 0.15) is 12.7 Å². The number of ether oxygens (including phenoxy) is 1. The molecule has 1 unspecified atom stereocenters. The van der Waals surface area contributed by atoms with Gasteiger partial charge in [-0.25, -0.2) is 9.18 Å². The fourth-order valence-electron chi connectivity index (χ4n) is 2.48. The molecule has 0 saturated carbocycles. The van der Waals surface area contributed by atoms with Crippen LogP contribution in [0.5, 0.6) is 0 Å². The molecule has 0 fully saturated rings. The number of amides is 2. The summed E-state index contributed by atoms with van der Waals surface area (Å²) in [5.41, 5.74) is 1.68. The number of Topliss-reactive ketones (excluding diaryl/α,β-unsaturated/α-hetero) is 1. The molecule has 0 aliphatic carbocycles. The number of carboxylic acids is 1. The van der Waals surface area contributed by atoms with E-state index in [0.29, 0.717) is 18.7 Å². The van der Waals surface area contributed by atoms with Crippen molar-refractivity contribution in [1.82, 2.24) is 5.32 Å². The van der Waals surface area contributed by atoms with Crippen LogP contribution in [0.25, 0.3) is 0 Å². The van der Waals surface area contributed by atoms with Gasteiger partial charge in [0.2, 0.25) is 0 Å². The second-order valence-corrected chi connectivity index (χ2v) is 5.40. The van der Waals surface area contributed by atoms with Gasteiger partial charge in [-0.1, -0.05) is 18.2 Å². The first-order valence-electron chi connectivity index (χ1n) is 7.54. The van der Waals surface area contributed by atoms with Gasteiger partial charge in [-0.2, -0.15) is 0 Å². The van der Waals surface area contributed by atoms with E-state index in [1.54, 1.807) is 12.1 Å². The Kier molecular flexibility index (Phi) is 6.04. The number of aliphatic carboxylic acids is 1. The first-order valence-corrected chi connectivity index (χ1v) is 7.54. The number of hydrogen-bond acceptors (Lipinski definition) is 5. The quantitative estimate of drug-likeness (QED) is 0.746. The fourth-order valence-corrected chi connectivity index (χ4v) is 2.48. The summed E-state index contributed by atoms with van der Waals surface area (Å²) in [5.74, 6) is -3.30. The molecule has 2 rings (SSSR count). The lowest BCUT2D eigenvalue weighted by molar-refractivity contribution is -0.140. The van der Waals surface area contributed by atoms with E-state index in [1.807, 2.05) is 12.1 Å². The summed E-state index contributed by atoms with van der Waals surface area (Å²) in [5, 5.41) is 10.7. The zero-order valence-corrected chi connectivity index (χ0v) is 13.2. The normalized spacial score (nSPS) is 13.7. The van der Waals surface area contributed by atoms with Crippen molar-refractivity contribution in [3.05, 3.63) is 29.8 Å². The predicted molar refractivity (Wildman–Crippen MR) is 84.0 cm³/mol. The Balaban J connectivity index is 1.88. The average Bonchev–Trinajstić information content (AvgIpc) is 3.02. The van der Waals surface area contributed by atoms with Crippen LogP contribution in [0, 0.1) is 0 Å². The van der Waals surface area contributed by atoms with Crippen LogP contribution in [0.2, 0.25) is 0 Å². The van der Waals surface area contributed by atoms with Crippen LogP contribution in [0.1, 0.15) is 12.0 Å². The van der Waals surface area contributed by atoms with Crippen LogP contribution in [0.3, 0.4) is 0 Å². The van der Waals surface area contributed by atoms with Crippen LogP contribution in [-0.2, 0) is 25.5 Å². The highest BCUT2D eigenvalue weighted by molar-refractivity contribution is 5.94. The third-order valence-corrected chi connectivity index (χ3v) is 3.67. The monoisotopic (exact) mass is 352 g/mol. The van der Waals surface area contributed by atoms with Crippen LogP contribution < -0.4 is 10.2 Å². The molecule has 0 aromatic heterocycles. The maximum Gasteiger partial charge on any atom is 0.414 e. The van der Waals surface area contributed by atoms with E-state index < -0.39 is 49.5 Å². The van der Waals surface area contributed by atoms with Crippen molar-refractivity contribution in [1.29, 1.82) is 0 Å². The zero-order chi connectivity index (χ0) is 18.4. The lowest BCUT2D eigenvalue weighted by Crippen LogP contribution is -2.45. The standard InChI is InChI=1S/C16H17FN2O6/c17-8-13(20)11(7-15(22)23)18-14(21)9-25-16(24)19-6-5-10-3-1-2-4-12(10)19/h1-4,11H,5-9H2,(H,18,21)(H,22,23). The van der Waals surface area contributed by atoms with Crippen LogP contribution >= 0.6 is 0 Å². The summed E-state index contributed by atoms with van der Waals surface area (Å²) >= 11 is 0. The van der Waals surface area contributed by atoms with E-state index in [-0.39, 0.29) is 0 Å². The number of rotatable bonds is 7. The molecule has 1 aromatic rings. The molecule has 134 valence electrons. The zero-order valence-electron chi connectivity index (χ0n) is 13.2. The summed E-state index contributed by atoms with van der Waals surface area (Å²) in [6.45, 7) is -1.68. The van der Waals surface area contributed by atoms with Crippen LogP contribution in [0.15, 0.2) is 24.3 Å². The molecule has 0 spiro atoms. The van der Waals surface area contributed by atoms with Gasteiger partial charge in [-0.15, -0.1) is 0 Å². The number of carbonyl (C=O) groups is 4. The number of para-hydroxylation sites is 1. The van der Waals surface area contributed by atoms with Crippen molar-refractivity contribution in [3.63, 3.8) is 0 Å². The van der Waals surface area contributed by atoms with Gasteiger partial charge in [0.05, 0.1) is 12.1 Å². The highest BCUT2D eigenvalue weighted by Gasteiger charge is 2.27. The number of fused-ring (bicyclic) bond motifs is 1. The van der Waals surface area contributed by atoms with Crippen molar-refractivity contribution in [2.45, 2.75) is 18.9 Å². The molecule has 0 radical (unpaired) electrons. The number of ketones is 1. The number of nitrogens with one attached hydrogen (secondary N) is 1. The van der Waals surface area contributed by atoms with E-state index in [2.05, 4.69) is 5.32 Å². The summed E-state index contributed by atoms with van der Waals surface area (Å²) < 4.78 is 17.3.